The van der Waals surface area contributed by atoms with Crippen molar-refractivity contribution in [2.75, 3.05) is 40.4 Å². The summed E-state index contributed by atoms with van der Waals surface area (Å²) in [5, 5.41) is 9.75. The molecule has 1 amide bonds. The van der Waals surface area contributed by atoms with E-state index in [2.05, 4.69) is 46.1 Å². The molecular formula is C28H33N5O4. The van der Waals surface area contributed by atoms with Crippen molar-refractivity contribution < 1.29 is 18.7 Å². The van der Waals surface area contributed by atoms with Gasteiger partial charge in [0.15, 0.2) is 11.5 Å². The summed E-state index contributed by atoms with van der Waals surface area (Å²) in [6, 6.07) is 12.1. The van der Waals surface area contributed by atoms with Gasteiger partial charge in [0.2, 0.25) is 17.7 Å². The third-order valence-electron chi connectivity index (χ3n) is 6.98. The molecule has 1 saturated heterocycles. The number of methoxy groups -OCH3 is 2. The van der Waals surface area contributed by atoms with Crippen LogP contribution < -0.4 is 9.47 Å². The number of hydrogen-bond donors (Lipinski definition) is 1. The Morgan fingerprint density at radius 3 is 2.41 bits per heavy atom. The number of carbonyl (C=O) groups is 1. The van der Waals surface area contributed by atoms with Crippen LogP contribution in [0.5, 0.6) is 11.5 Å². The maximum atomic E-state index is 11.6. The van der Waals surface area contributed by atoms with Gasteiger partial charge in [-0.25, -0.2) is 0 Å². The summed E-state index contributed by atoms with van der Waals surface area (Å²) in [5.41, 5.74) is 5.22. The summed E-state index contributed by atoms with van der Waals surface area (Å²) in [5.74, 6) is 2.87. The summed E-state index contributed by atoms with van der Waals surface area (Å²) in [6.45, 7) is 9.61. The summed E-state index contributed by atoms with van der Waals surface area (Å²) < 4.78 is 17.0. The van der Waals surface area contributed by atoms with Gasteiger partial charge in [-0.15, -0.1) is 10.2 Å². The second-order valence-corrected chi connectivity index (χ2v) is 9.68. The fourth-order valence-corrected chi connectivity index (χ4v) is 5.01. The number of H-pyrrole nitrogens is 1. The van der Waals surface area contributed by atoms with E-state index >= 15 is 0 Å². The Kier molecular flexibility index (Phi) is 6.88. The van der Waals surface area contributed by atoms with Crippen molar-refractivity contribution in [1.29, 1.82) is 0 Å². The molecule has 9 nitrogen and oxygen atoms in total. The number of rotatable bonds is 7. The number of piperazine rings is 1. The first-order chi connectivity index (χ1) is 17.9. The van der Waals surface area contributed by atoms with Crippen molar-refractivity contribution in [1.82, 2.24) is 25.0 Å². The molecule has 3 heterocycles. The van der Waals surface area contributed by atoms with Gasteiger partial charge >= 0.3 is 0 Å². The van der Waals surface area contributed by atoms with Gasteiger partial charge in [-0.1, -0.05) is 13.8 Å². The van der Waals surface area contributed by atoms with E-state index in [1.165, 1.54) is 5.56 Å². The molecule has 0 unspecified atom stereocenters. The van der Waals surface area contributed by atoms with Crippen molar-refractivity contribution in [2.45, 2.75) is 33.2 Å². The average molecular weight is 504 g/mol. The number of hydrogen-bond acceptors (Lipinski definition) is 7. The van der Waals surface area contributed by atoms with Gasteiger partial charge in [0.25, 0.3) is 0 Å². The van der Waals surface area contributed by atoms with Crippen LogP contribution in [0.2, 0.25) is 0 Å². The molecular weight excluding hydrogens is 470 g/mol. The Morgan fingerprint density at radius 1 is 1.00 bits per heavy atom. The molecule has 0 aliphatic carbocycles. The van der Waals surface area contributed by atoms with E-state index < -0.39 is 0 Å². The Morgan fingerprint density at radius 2 is 1.73 bits per heavy atom. The lowest BCUT2D eigenvalue weighted by Crippen LogP contribution is -2.47. The van der Waals surface area contributed by atoms with E-state index in [1.54, 1.807) is 21.1 Å². The summed E-state index contributed by atoms with van der Waals surface area (Å²) >= 11 is 0. The van der Waals surface area contributed by atoms with Gasteiger partial charge in [-0.2, -0.15) is 0 Å². The Hall–Kier alpha value is -3.85. The number of fused-ring (bicyclic) bond motifs is 1. The SMILES string of the molecule is COc1ccc(-c2[nH]c3ccc(-c4nnc(CN5CCN(C(C)=O)CC5)o4)cc3c2C(C)C)cc1OC. The van der Waals surface area contributed by atoms with Gasteiger partial charge in [0.1, 0.15) is 0 Å². The second kappa shape index (κ2) is 10.3. The van der Waals surface area contributed by atoms with Crippen molar-refractivity contribution in [2.24, 2.45) is 0 Å². The molecule has 0 radical (unpaired) electrons. The highest BCUT2D eigenvalue weighted by Gasteiger charge is 2.22. The molecule has 2 aromatic heterocycles. The van der Waals surface area contributed by atoms with Crippen LogP contribution in [0.15, 0.2) is 40.8 Å². The molecule has 0 bridgehead atoms. The van der Waals surface area contributed by atoms with Crippen molar-refractivity contribution in [3.05, 3.63) is 47.9 Å². The Balaban J connectivity index is 1.43. The topological polar surface area (TPSA) is 96.7 Å². The third-order valence-corrected chi connectivity index (χ3v) is 6.98. The fourth-order valence-electron chi connectivity index (χ4n) is 5.01. The summed E-state index contributed by atoms with van der Waals surface area (Å²) in [6.07, 6.45) is 0. The zero-order chi connectivity index (χ0) is 26.1. The van der Waals surface area contributed by atoms with Gasteiger partial charge in [-0.05, 0) is 47.9 Å². The van der Waals surface area contributed by atoms with Crippen molar-refractivity contribution >= 4 is 16.8 Å². The molecule has 9 heteroatoms. The van der Waals surface area contributed by atoms with E-state index in [9.17, 15) is 4.79 Å². The van der Waals surface area contributed by atoms with E-state index in [-0.39, 0.29) is 11.8 Å². The molecule has 0 atom stereocenters. The van der Waals surface area contributed by atoms with Crippen LogP contribution >= 0.6 is 0 Å². The van der Waals surface area contributed by atoms with E-state index in [1.807, 2.05) is 29.2 Å². The van der Waals surface area contributed by atoms with E-state index in [0.717, 1.165) is 53.9 Å². The minimum absolute atomic E-state index is 0.120. The van der Waals surface area contributed by atoms with Crippen LogP contribution in [0.25, 0.3) is 33.6 Å². The molecule has 194 valence electrons. The lowest BCUT2D eigenvalue weighted by Gasteiger charge is -2.33. The molecule has 1 fully saturated rings. The quantitative estimate of drug-likeness (QED) is 0.391. The van der Waals surface area contributed by atoms with Gasteiger partial charge in [0, 0.05) is 55.1 Å². The summed E-state index contributed by atoms with van der Waals surface area (Å²) in [7, 11) is 3.28. The highest BCUT2D eigenvalue weighted by Crippen LogP contribution is 2.40. The zero-order valence-electron chi connectivity index (χ0n) is 22.0. The highest BCUT2D eigenvalue weighted by molar-refractivity contribution is 5.94. The minimum Gasteiger partial charge on any atom is -0.493 e. The number of aromatic amines is 1. The van der Waals surface area contributed by atoms with Crippen LogP contribution in [0.1, 0.15) is 38.1 Å². The van der Waals surface area contributed by atoms with Crippen molar-refractivity contribution in [3.8, 4) is 34.2 Å². The van der Waals surface area contributed by atoms with Crippen LogP contribution in [0.3, 0.4) is 0 Å². The Bertz CT molecular complexity index is 1420. The van der Waals surface area contributed by atoms with Crippen LogP contribution in [-0.2, 0) is 11.3 Å². The second-order valence-electron chi connectivity index (χ2n) is 9.68. The molecule has 0 saturated carbocycles. The predicted molar refractivity (Wildman–Crippen MR) is 142 cm³/mol. The molecule has 4 aromatic rings. The van der Waals surface area contributed by atoms with E-state index in [4.69, 9.17) is 13.9 Å². The third kappa shape index (κ3) is 4.91. The number of benzene rings is 2. The van der Waals surface area contributed by atoms with Crippen LogP contribution in [0, 0.1) is 0 Å². The zero-order valence-corrected chi connectivity index (χ0v) is 22.0. The number of amides is 1. The average Bonchev–Trinajstić information content (AvgIpc) is 3.53. The maximum absolute atomic E-state index is 11.6. The largest absolute Gasteiger partial charge is 0.493 e. The van der Waals surface area contributed by atoms with Gasteiger partial charge < -0.3 is 23.8 Å². The number of nitrogens with zero attached hydrogens (tertiary/aromatic N) is 4. The smallest absolute Gasteiger partial charge is 0.247 e. The fraction of sp³-hybridized carbons (Fsp3) is 0.393. The first kappa shape index (κ1) is 24.8. The van der Waals surface area contributed by atoms with Gasteiger partial charge in [-0.3, -0.25) is 9.69 Å². The highest BCUT2D eigenvalue weighted by atomic mass is 16.5. The number of nitrogens with one attached hydrogen (secondary N) is 1. The number of aromatic nitrogens is 3. The lowest BCUT2D eigenvalue weighted by atomic mass is 9.95. The molecule has 5 rings (SSSR count). The first-order valence-electron chi connectivity index (χ1n) is 12.6. The minimum atomic E-state index is 0.120. The molecule has 1 N–H and O–H groups in total. The van der Waals surface area contributed by atoms with Crippen molar-refractivity contribution in [3.63, 3.8) is 0 Å². The maximum Gasteiger partial charge on any atom is 0.247 e. The lowest BCUT2D eigenvalue weighted by molar-refractivity contribution is -0.130. The normalized spacial score (nSPS) is 14.5. The number of ether oxygens (including phenoxy) is 2. The van der Waals surface area contributed by atoms with Gasteiger partial charge in [0.05, 0.1) is 26.5 Å². The molecule has 2 aromatic carbocycles. The standard InChI is InChI=1S/C28H33N5O4/c1-17(2)26-21-14-20(28-31-30-25(37-28)16-32-10-12-33(13-11-32)18(3)34)6-8-22(21)29-27(26)19-7-9-23(35-4)24(15-19)36-5/h6-9,14-15,17,29H,10-13,16H2,1-5H3. The molecule has 37 heavy (non-hydrogen) atoms. The predicted octanol–water partition coefficient (Wildman–Crippen LogP) is 4.69. The molecule has 0 spiro atoms. The molecule has 1 aliphatic heterocycles. The Labute approximate surface area is 216 Å². The van der Waals surface area contributed by atoms with Crippen LogP contribution in [-0.4, -0.2) is 71.3 Å². The molecule has 1 aliphatic rings. The van der Waals surface area contributed by atoms with Crippen LogP contribution in [0.4, 0.5) is 0 Å². The first-order valence-corrected chi connectivity index (χ1v) is 12.6. The number of carbonyl (C=O) groups excluding carboxylic acids is 1. The summed E-state index contributed by atoms with van der Waals surface area (Å²) in [4.78, 5) is 19.3. The monoisotopic (exact) mass is 503 g/mol. The van der Waals surface area contributed by atoms with E-state index in [0.29, 0.717) is 29.8 Å².